The van der Waals surface area contributed by atoms with Crippen LogP contribution < -0.4 is 5.32 Å². The van der Waals surface area contributed by atoms with Crippen molar-refractivity contribution in [3.05, 3.63) is 38.3 Å². The molecule has 0 aliphatic carbocycles. The molecule has 104 valence electrons. The molecule has 20 heavy (non-hydrogen) atoms. The van der Waals surface area contributed by atoms with E-state index in [1.165, 1.54) is 12.1 Å². The van der Waals surface area contributed by atoms with Crippen LogP contribution in [0.4, 0.5) is 5.69 Å². The molecule has 0 radical (unpaired) electrons. The maximum atomic E-state index is 11.9. The summed E-state index contributed by atoms with van der Waals surface area (Å²) in [6.45, 7) is 0. The van der Waals surface area contributed by atoms with E-state index in [1.807, 2.05) is 0 Å². The largest absolute Gasteiger partial charge is 0.480 e. The molecule has 1 aromatic carbocycles. The zero-order valence-corrected chi connectivity index (χ0v) is 11.6. The van der Waals surface area contributed by atoms with Crippen LogP contribution in [0.5, 0.6) is 0 Å². The van der Waals surface area contributed by atoms with Crippen LogP contribution in [0.2, 0.25) is 0 Å². The normalized spacial score (nSPS) is 11.2. The molecule has 0 saturated carbocycles. The Kier molecular flexibility index (Phi) is 5.23. The zero-order valence-electron chi connectivity index (χ0n) is 10.00. The zero-order chi connectivity index (χ0) is 15.3. The number of halogens is 1. The molecule has 0 bridgehead atoms. The summed E-state index contributed by atoms with van der Waals surface area (Å²) < 4.78 is 0.334. The van der Waals surface area contributed by atoms with Crippen molar-refractivity contribution >= 4 is 33.5 Å². The molecule has 2 N–H and O–H groups in total. The van der Waals surface area contributed by atoms with Gasteiger partial charge in [-0.2, -0.15) is 0 Å². The molecule has 1 rings (SSSR count). The first kappa shape index (κ1) is 15.7. The van der Waals surface area contributed by atoms with Gasteiger partial charge in [0.2, 0.25) is 0 Å². The van der Waals surface area contributed by atoms with Crippen LogP contribution in [0, 0.1) is 22.5 Å². The third-order valence-electron chi connectivity index (χ3n) is 2.28. The molecule has 0 fully saturated rings. The van der Waals surface area contributed by atoms with E-state index in [1.54, 1.807) is 0 Å². The van der Waals surface area contributed by atoms with Gasteiger partial charge in [0.1, 0.15) is 6.04 Å². The van der Waals surface area contributed by atoms with E-state index in [9.17, 15) is 19.7 Å². The lowest BCUT2D eigenvalue weighted by Gasteiger charge is -2.11. The van der Waals surface area contributed by atoms with Crippen molar-refractivity contribution < 1.29 is 19.6 Å². The van der Waals surface area contributed by atoms with Gasteiger partial charge in [-0.3, -0.25) is 14.9 Å². The third-order valence-corrected chi connectivity index (χ3v) is 2.74. The molecular formula is C12H9BrN2O5. The molecule has 1 atom stereocenters. The van der Waals surface area contributed by atoms with Crippen molar-refractivity contribution in [2.75, 3.05) is 0 Å². The maximum Gasteiger partial charge on any atom is 0.327 e. The average molecular weight is 341 g/mol. The molecule has 1 unspecified atom stereocenters. The van der Waals surface area contributed by atoms with E-state index < -0.39 is 22.8 Å². The first-order valence-electron chi connectivity index (χ1n) is 5.27. The minimum atomic E-state index is -1.28. The predicted molar refractivity (Wildman–Crippen MR) is 73.1 cm³/mol. The fourth-order valence-electron chi connectivity index (χ4n) is 1.37. The van der Waals surface area contributed by atoms with E-state index in [2.05, 4.69) is 27.2 Å². The Morgan fingerprint density at radius 3 is 2.65 bits per heavy atom. The number of non-ortho nitro benzene ring substituents is 1. The van der Waals surface area contributed by atoms with Gasteiger partial charge in [0.05, 0.1) is 4.92 Å². The fraction of sp³-hybridized carbons (Fsp3) is 0.167. The Balaban J connectivity index is 3.00. The van der Waals surface area contributed by atoms with Gasteiger partial charge in [-0.15, -0.1) is 12.3 Å². The second-order valence-electron chi connectivity index (χ2n) is 3.73. The number of carboxylic acids is 1. The molecule has 0 aliphatic heterocycles. The standard InChI is InChI=1S/C12H9BrN2O5/c1-2-3-10(12(17)18)14-11(16)7-4-8(13)6-9(5-7)15(19)20/h1,4-6,10H,3H2,(H,14,16)(H,17,18). The number of aliphatic carboxylic acids is 1. The number of carbonyl (C=O) groups excluding carboxylic acids is 1. The summed E-state index contributed by atoms with van der Waals surface area (Å²) >= 11 is 3.04. The van der Waals surface area contributed by atoms with Gasteiger partial charge in [-0.1, -0.05) is 15.9 Å². The number of rotatable bonds is 5. The number of nitro groups is 1. The van der Waals surface area contributed by atoms with E-state index in [0.717, 1.165) is 6.07 Å². The number of hydrogen-bond donors (Lipinski definition) is 2. The number of terminal acetylenes is 1. The Morgan fingerprint density at radius 1 is 1.50 bits per heavy atom. The highest BCUT2D eigenvalue weighted by molar-refractivity contribution is 9.10. The Morgan fingerprint density at radius 2 is 2.15 bits per heavy atom. The van der Waals surface area contributed by atoms with Crippen molar-refractivity contribution in [2.24, 2.45) is 0 Å². The van der Waals surface area contributed by atoms with Gasteiger partial charge >= 0.3 is 5.97 Å². The monoisotopic (exact) mass is 340 g/mol. The van der Waals surface area contributed by atoms with Gasteiger partial charge in [0.25, 0.3) is 11.6 Å². The molecule has 0 spiro atoms. The summed E-state index contributed by atoms with van der Waals surface area (Å²) in [5.41, 5.74) is -0.317. The van der Waals surface area contributed by atoms with E-state index in [0.29, 0.717) is 4.47 Å². The summed E-state index contributed by atoms with van der Waals surface area (Å²) in [5.74, 6) is 0.104. The quantitative estimate of drug-likeness (QED) is 0.480. The van der Waals surface area contributed by atoms with E-state index in [4.69, 9.17) is 11.5 Å². The predicted octanol–water partition coefficient (Wildman–Crippen LogP) is 1.56. The molecule has 0 heterocycles. The van der Waals surface area contributed by atoms with Crippen molar-refractivity contribution in [3.8, 4) is 12.3 Å². The highest BCUT2D eigenvalue weighted by Gasteiger charge is 2.21. The molecular weight excluding hydrogens is 332 g/mol. The first-order chi connectivity index (χ1) is 9.35. The van der Waals surface area contributed by atoms with Crippen LogP contribution in [0.15, 0.2) is 22.7 Å². The SMILES string of the molecule is C#CCC(NC(=O)c1cc(Br)cc([N+](=O)[O-])c1)C(=O)O. The summed E-state index contributed by atoms with van der Waals surface area (Å²) in [6.07, 6.45) is 4.82. The van der Waals surface area contributed by atoms with E-state index in [-0.39, 0.29) is 17.7 Å². The van der Waals surface area contributed by atoms with Crippen molar-refractivity contribution in [3.63, 3.8) is 0 Å². The molecule has 8 heteroatoms. The number of carbonyl (C=O) groups is 2. The van der Waals surface area contributed by atoms with Gasteiger partial charge < -0.3 is 10.4 Å². The minimum Gasteiger partial charge on any atom is -0.480 e. The number of nitro benzene ring substituents is 1. The summed E-state index contributed by atoms with van der Waals surface area (Å²) in [5, 5.41) is 21.8. The van der Waals surface area contributed by atoms with Gasteiger partial charge in [-0.25, -0.2) is 4.79 Å². The van der Waals surface area contributed by atoms with Crippen LogP contribution in [0.1, 0.15) is 16.8 Å². The van der Waals surface area contributed by atoms with Crippen LogP contribution in [-0.4, -0.2) is 27.9 Å². The Bertz CT molecular complexity index is 608. The Hall–Kier alpha value is -2.40. The van der Waals surface area contributed by atoms with Crippen molar-refractivity contribution in [1.29, 1.82) is 0 Å². The molecule has 0 aromatic heterocycles. The highest BCUT2D eigenvalue weighted by atomic mass is 79.9. The second kappa shape index (κ2) is 6.68. The Labute approximate surface area is 122 Å². The lowest BCUT2D eigenvalue weighted by molar-refractivity contribution is -0.385. The fourth-order valence-corrected chi connectivity index (χ4v) is 1.85. The molecule has 0 aliphatic rings. The summed E-state index contributed by atoms with van der Waals surface area (Å²) in [7, 11) is 0. The molecule has 1 aromatic rings. The van der Waals surface area contributed by atoms with Gasteiger partial charge in [0, 0.05) is 28.6 Å². The minimum absolute atomic E-state index is 0.0330. The van der Waals surface area contributed by atoms with Crippen molar-refractivity contribution in [2.45, 2.75) is 12.5 Å². The molecule has 7 nitrogen and oxygen atoms in total. The van der Waals surface area contributed by atoms with Gasteiger partial charge in [-0.05, 0) is 6.07 Å². The number of amides is 1. The maximum absolute atomic E-state index is 11.9. The number of carboxylic acid groups (broad SMARTS) is 1. The van der Waals surface area contributed by atoms with Crippen LogP contribution >= 0.6 is 15.9 Å². The van der Waals surface area contributed by atoms with E-state index >= 15 is 0 Å². The summed E-state index contributed by atoms with van der Waals surface area (Å²) in [6, 6.07) is 2.38. The third kappa shape index (κ3) is 4.07. The van der Waals surface area contributed by atoms with Crippen LogP contribution in [0.3, 0.4) is 0 Å². The number of hydrogen-bond acceptors (Lipinski definition) is 4. The smallest absolute Gasteiger partial charge is 0.327 e. The molecule has 1 amide bonds. The van der Waals surface area contributed by atoms with Gasteiger partial charge in [0.15, 0.2) is 0 Å². The molecule has 0 saturated heterocycles. The summed E-state index contributed by atoms with van der Waals surface area (Å²) in [4.78, 5) is 32.8. The first-order valence-corrected chi connectivity index (χ1v) is 6.06. The number of nitrogens with one attached hydrogen (secondary N) is 1. The lowest BCUT2D eigenvalue weighted by Crippen LogP contribution is -2.40. The lowest BCUT2D eigenvalue weighted by atomic mass is 10.1. The van der Waals surface area contributed by atoms with Crippen LogP contribution in [-0.2, 0) is 4.79 Å². The second-order valence-corrected chi connectivity index (χ2v) is 4.64. The highest BCUT2D eigenvalue weighted by Crippen LogP contribution is 2.21. The average Bonchev–Trinajstić information content (AvgIpc) is 2.37. The van der Waals surface area contributed by atoms with Crippen LogP contribution in [0.25, 0.3) is 0 Å². The van der Waals surface area contributed by atoms with Crippen molar-refractivity contribution in [1.82, 2.24) is 5.32 Å². The number of benzene rings is 1. The number of nitrogens with zero attached hydrogens (tertiary/aromatic N) is 1. The topological polar surface area (TPSA) is 110 Å².